The topological polar surface area (TPSA) is 110 Å². The molecule has 4 aromatic carbocycles. The van der Waals surface area contributed by atoms with Crippen molar-refractivity contribution in [1.82, 2.24) is 4.98 Å². The van der Waals surface area contributed by atoms with Crippen LogP contribution in [0.4, 0.5) is 23.2 Å². The third kappa shape index (κ3) is 3.88. The van der Waals surface area contributed by atoms with E-state index in [1.807, 2.05) is 0 Å². The van der Waals surface area contributed by atoms with Crippen LogP contribution in [0.15, 0.2) is 72.8 Å². The van der Waals surface area contributed by atoms with E-state index in [2.05, 4.69) is 6.07 Å². The van der Waals surface area contributed by atoms with Crippen molar-refractivity contribution in [3.63, 3.8) is 0 Å². The van der Waals surface area contributed by atoms with Gasteiger partial charge in [-0.15, -0.1) is 0 Å². The standard InChI is InChI=1S/C32H17F4N5/c33-25-23(26(34)28(36)31(40)27(25)35)15-9-11-16(12-10-15)32-21-13-20(18-6-2-1-5-17(18)14-37)29(38)30(39)24(21)19-7-3-4-8-22(19)41-32/h1-13,38-39H,40H2. The van der Waals surface area contributed by atoms with Gasteiger partial charge < -0.3 is 5.73 Å². The van der Waals surface area contributed by atoms with E-state index in [0.29, 0.717) is 50.0 Å². The van der Waals surface area contributed by atoms with Gasteiger partial charge in [0.05, 0.1) is 39.8 Å². The van der Waals surface area contributed by atoms with Gasteiger partial charge in [0.25, 0.3) is 0 Å². The molecule has 5 aromatic rings. The van der Waals surface area contributed by atoms with Crippen LogP contribution in [-0.4, -0.2) is 16.4 Å². The summed E-state index contributed by atoms with van der Waals surface area (Å²) in [5, 5.41) is 28.0. The van der Waals surface area contributed by atoms with E-state index in [1.165, 1.54) is 24.3 Å². The Morgan fingerprint density at radius 1 is 0.707 bits per heavy atom. The van der Waals surface area contributed by atoms with Gasteiger partial charge in [-0.05, 0) is 23.8 Å². The summed E-state index contributed by atoms with van der Waals surface area (Å²) in [6.07, 6.45) is 1.71. The molecule has 0 bridgehead atoms. The molecule has 9 heteroatoms. The molecule has 0 radical (unpaired) electrons. The Bertz CT molecular complexity index is 2010. The van der Waals surface area contributed by atoms with Gasteiger partial charge in [-0.2, -0.15) is 5.26 Å². The van der Waals surface area contributed by atoms with Crippen LogP contribution < -0.4 is 5.73 Å². The highest BCUT2D eigenvalue weighted by molar-refractivity contribution is 6.64. The SMILES string of the molecule is N#Cc1ccccc1C1=Cc2c(-c3ccc(-c4c(F)c(F)c(N)c(F)c4F)cc3)nc3ccccc3c2C(=N)C1=N. The number of halogens is 4. The molecule has 1 aliphatic carbocycles. The van der Waals surface area contributed by atoms with Crippen LogP contribution in [0, 0.1) is 45.4 Å². The zero-order chi connectivity index (χ0) is 29.0. The minimum absolute atomic E-state index is 0.0568. The van der Waals surface area contributed by atoms with Gasteiger partial charge in [-0.1, -0.05) is 60.7 Å². The molecule has 0 saturated heterocycles. The molecular weight excluding hydrogens is 530 g/mol. The fourth-order valence-corrected chi connectivity index (χ4v) is 5.06. The first kappa shape index (κ1) is 25.6. The Balaban J connectivity index is 1.59. The molecule has 4 N–H and O–H groups in total. The van der Waals surface area contributed by atoms with E-state index >= 15 is 0 Å². The number of pyridine rings is 1. The second kappa shape index (κ2) is 9.54. The molecule has 0 unspecified atom stereocenters. The highest BCUT2D eigenvalue weighted by Crippen LogP contribution is 2.39. The molecule has 198 valence electrons. The van der Waals surface area contributed by atoms with Crippen LogP contribution in [0.5, 0.6) is 0 Å². The zero-order valence-corrected chi connectivity index (χ0v) is 21.0. The van der Waals surface area contributed by atoms with Crippen molar-refractivity contribution < 1.29 is 17.6 Å². The average molecular weight is 548 g/mol. The van der Waals surface area contributed by atoms with Crippen molar-refractivity contribution in [2.75, 3.05) is 5.73 Å². The summed E-state index contributed by atoms with van der Waals surface area (Å²) in [4.78, 5) is 4.80. The number of nitrogen functional groups attached to an aromatic ring is 1. The number of nitrogens with zero attached hydrogens (tertiary/aromatic N) is 2. The number of fused-ring (bicyclic) bond motifs is 3. The van der Waals surface area contributed by atoms with Crippen LogP contribution in [0.2, 0.25) is 0 Å². The number of anilines is 1. The smallest absolute Gasteiger partial charge is 0.185 e. The van der Waals surface area contributed by atoms with Gasteiger partial charge >= 0.3 is 0 Å². The van der Waals surface area contributed by atoms with E-state index in [9.17, 15) is 22.8 Å². The predicted octanol–water partition coefficient (Wildman–Crippen LogP) is 7.52. The first-order valence-electron chi connectivity index (χ1n) is 12.3. The maximum absolute atomic E-state index is 14.6. The lowest BCUT2D eigenvalue weighted by Crippen LogP contribution is -2.22. The van der Waals surface area contributed by atoms with E-state index in [4.69, 9.17) is 21.5 Å². The number of aromatic nitrogens is 1. The lowest BCUT2D eigenvalue weighted by molar-refractivity contribution is 0.464. The molecule has 1 aliphatic rings. The fraction of sp³-hybridized carbons (Fsp3) is 0. The molecular formula is C32H17F4N5. The molecule has 0 atom stereocenters. The van der Waals surface area contributed by atoms with Crippen molar-refractivity contribution in [1.29, 1.82) is 16.1 Å². The highest BCUT2D eigenvalue weighted by Gasteiger charge is 2.29. The minimum atomic E-state index is -1.68. The molecule has 0 amide bonds. The largest absolute Gasteiger partial charge is 0.394 e. The van der Waals surface area contributed by atoms with Crippen molar-refractivity contribution in [2.45, 2.75) is 0 Å². The molecule has 1 heterocycles. The number of nitrogens with one attached hydrogen (secondary N) is 2. The number of nitriles is 1. The fourth-order valence-electron chi connectivity index (χ4n) is 5.06. The molecule has 0 fully saturated rings. The summed E-state index contributed by atoms with van der Waals surface area (Å²) in [7, 11) is 0. The molecule has 1 aromatic heterocycles. The van der Waals surface area contributed by atoms with E-state index in [0.717, 1.165) is 0 Å². The average Bonchev–Trinajstić information content (AvgIpc) is 3.00. The van der Waals surface area contributed by atoms with E-state index < -0.39 is 34.5 Å². The monoisotopic (exact) mass is 547 g/mol. The van der Waals surface area contributed by atoms with Crippen LogP contribution >= 0.6 is 0 Å². The lowest BCUT2D eigenvalue weighted by Gasteiger charge is -2.23. The van der Waals surface area contributed by atoms with Gasteiger partial charge in [-0.3, -0.25) is 10.8 Å². The number of hydrogen-bond donors (Lipinski definition) is 3. The summed E-state index contributed by atoms with van der Waals surface area (Å²) < 4.78 is 57.5. The maximum atomic E-state index is 14.6. The van der Waals surface area contributed by atoms with E-state index in [-0.39, 0.29) is 17.0 Å². The summed E-state index contributed by atoms with van der Waals surface area (Å²) in [5.41, 5.74) is 6.40. The van der Waals surface area contributed by atoms with Crippen molar-refractivity contribution in [3.8, 4) is 28.5 Å². The van der Waals surface area contributed by atoms with Gasteiger partial charge in [0, 0.05) is 33.2 Å². The third-order valence-corrected chi connectivity index (χ3v) is 7.07. The number of allylic oxidation sites excluding steroid dienone is 1. The van der Waals surface area contributed by atoms with Gasteiger partial charge in [0.2, 0.25) is 0 Å². The second-order valence-corrected chi connectivity index (χ2v) is 9.35. The Hall–Kier alpha value is -5.62. The maximum Gasteiger partial charge on any atom is 0.185 e. The number of benzene rings is 4. The number of hydrogen-bond acceptors (Lipinski definition) is 5. The summed E-state index contributed by atoms with van der Waals surface area (Å²) in [6.45, 7) is 0. The summed E-state index contributed by atoms with van der Waals surface area (Å²) in [5.74, 6) is -6.56. The van der Waals surface area contributed by atoms with Crippen LogP contribution in [0.25, 0.3) is 44.9 Å². The first-order chi connectivity index (χ1) is 19.7. The van der Waals surface area contributed by atoms with Crippen LogP contribution in [-0.2, 0) is 0 Å². The van der Waals surface area contributed by atoms with Gasteiger partial charge in [-0.25, -0.2) is 22.5 Å². The van der Waals surface area contributed by atoms with Crippen molar-refractivity contribution in [2.24, 2.45) is 0 Å². The molecule has 41 heavy (non-hydrogen) atoms. The van der Waals surface area contributed by atoms with Crippen LogP contribution in [0.3, 0.4) is 0 Å². The van der Waals surface area contributed by atoms with Crippen molar-refractivity contribution >= 4 is 39.7 Å². The van der Waals surface area contributed by atoms with Gasteiger partial charge in [0.1, 0.15) is 5.69 Å². The normalized spacial score (nSPS) is 12.7. The summed E-state index contributed by atoms with van der Waals surface area (Å²) in [6, 6.07) is 21.7. The Morgan fingerprint density at radius 3 is 2.00 bits per heavy atom. The van der Waals surface area contributed by atoms with E-state index in [1.54, 1.807) is 54.6 Å². The number of para-hydroxylation sites is 1. The zero-order valence-electron chi connectivity index (χ0n) is 21.0. The molecule has 0 aliphatic heterocycles. The molecule has 0 saturated carbocycles. The predicted molar refractivity (Wildman–Crippen MR) is 150 cm³/mol. The van der Waals surface area contributed by atoms with Crippen molar-refractivity contribution in [3.05, 3.63) is 118 Å². The lowest BCUT2D eigenvalue weighted by atomic mass is 9.81. The number of nitrogens with two attached hydrogens (primary N) is 1. The van der Waals surface area contributed by atoms with Gasteiger partial charge in [0.15, 0.2) is 23.3 Å². The Kier molecular flexibility index (Phi) is 5.97. The summed E-state index contributed by atoms with van der Waals surface area (Å²) >= 11 is 0. The minimum Gasteiger partial charge on any atom is -0.394 e. The Morgan fingerprint density at radius 2 is 1.32 bits per heavy atom. The quantitative estimate of drug-likeness (QED) is 0.123. The first-order valence-corrected chi connectivity index (χ1v) is 12.3. The molecule has 5 nitrogen and oxygen atoms in total. The second-order valence-electron chi connectivity index (χ2n) is 9.35. The Labute approximate surface area is 230 Å². The molecule has 6 rings (SSSR count). The highest BCUT2D eigenvalue weighted by atomic mass is 19.2. The molecule has 0 spiro atoms. The number of rotatable bonds is 3. The third-order valence-electron chi connectivity index (χ3n) is 7.07. The van der Waals surface area contributed by atoms with Crippen LogP contribution in [0.1, 0.15) is 22.3 Å².